The Hall–Kier alpha value is -1.15. The number of nitrogens with one attached hydrogen (secondary N) is 2. The molecule has 90 valence electrons. The molecule has 0 atom stereocenters. The quantitative estimate of drug-likeness (QED) is 0.668. The number of aromatic amines is 1. The highest BCUT2D eigenvalue weighted by molar-refractivity contribution is 7.92. The highest BCUT2D eigenvalue weighted by Gasteiger charge is 2.16. The van der Waals surface area contributed by atoms with Crippen molar-refractivity contribution in [3.63, 3.8) is 0 Å². The maximum absolute atomic E-state index is 11.6. The standard InChI is InChI=1S/C8H14N4O2S2/c1-5(2)4-16(13,14)12-8-6(7(9)15)3-10-11-8/h3,5H,4H2,1-2H3,(H2,9,15)(H2,10,11,12). The molecule has 0 aromatic carbocycles. The van der Waals surface area contributed by atoms with Gasteiger partial charge in [-0.05, 0) is 5.92 Å². The van der Waals surface area contributed by atoms with E-state index >= 15 is 0 Å². The average molecular weight is 262 g/mol. The van der Waals surface area contributed by atoms with E-state index in [-0.39, 0.29) is 22.5 Å². The van der Waals surface area contributed by atoms with E-state index in [1.807, 2.05) is 13.8 Å². The fourth-order valence-electron chi connectivity index (χ4n) is 1.19. The summed E-state index contributed by atoms with van der Waals surface area (Å²) in [6.07, 6.45) is 1.38. The number of nitrogens with two attached hydrogens (primary N) is 1. The normalized spacial score (nSPS) is 11.7. The summed E-state index contributed by atoms with van der Waals surface area (Å²) >= 11 is 4.76. The number of anilines is 1. The van der Waals surface area contributed by atoms with Gasteiger partial charge in [-0.1, -0.05) is 26.1 Å². The monoisotopic (exact) mass is 262 g/mol. The van der Waals surface area contributed by atoms with E-state index in [4.69, 9.17) is 18.0 Å². The van der Waals surface area contributed by atoms with Gasteiger partial charge >= 0.3 is 0 Å². The summed E-state index contributed by atoms with van der Waals surface area (Å²) < 4.78 is 25.6. The SMILES string of the molecule is CC(C)CS(=O)(=O)Nc1[nH]ncc1C(N)=S. The first-order valence-corrected chi connectivity index (χ1v) is 6.71. The summed E-state index contributed by atoms with van der Waals surface area (Å²) in [6.45, 7) is 3.64. The van der Waals surface area contributed by atoms with Gasteiger partial charge < -0.3 is 5.73 Å². The van der Waals surface area contributed by atoms with Crippen molar-refractivity contribution < 1.29 is 8.42 Å². The number of nitrogens with zero attached hydrogens (tertiary/aromatic N) is 1. The Morgan fingerprint density at radius 3 is 2.81 bits per heavy atom. The molecule has 0 aliphatic carbocycles. The first-order chi connectivity index (χ1) is 7.32. The second-order valence-electron chi connectivity index (χ2n) is 3.80. The van der Waals surface area contributed by atoms with Crippen LogP contribution in [0.1, 0.15) is 19.4 Å². The van der Waals surface area contributed by atoms with Crippen LogP contribution in [0.25, 0.3) is 0 Å². The van der Waals surface area contributed by atoms with E-state index in [9.17, 15) is 8.42 Å². The molecular weight excluding hydrogens is 248 g/mol. The van der Waals surface area contributed by atoms with Crippen LogP contribution in [0.5, 0.6) is 0 Å². The third-order valence-corrected chi connectivity index (χ3v) is 3.56. The lowest BCUT2D eigenvalue weighted by Crippen LogP contribution is -2.22. The van der Waals surface area contributed by atoms with Gasteiger partial charge in [0, 0.05) is 0 Å². The molecule has 0 aliphatic heterocycles. The maximum Gasteiger partial charge on any atom is 0.234 e. The molecule has 4 N–H and O–H groups in total. The van der Waals surface area contributed by atoms with Gasteiger partial charge in [0.1, 0.15) is 10.8 Å². The molecule has 0 amide bonds. The Balaban J connectivity index is 2.88. The zero-order valence-corrected chi connectivity index (χ0v) is 10.7. The van der Waals surface area contributed by atoms with Crippen LogP contribution in [-0.4, -0.2) is 29.4 Å². The van der Waals surface area contributed by atoms with Gasteiger partial charge in [-0.25, -0.2) is 8.42 Å². The molecule has 0 bridgehead atoms. The molecule has 6 nitrogen and oxygen atoms in total. The molecule has 1 aromatic rings. The summed E-state index contributed by atoms with van der Waals surface area (Å²) in [4.78, 5) is 0.0935. The van der Waals surface area contributed by atoms with Crippen molar-refractivity contribution in [1.82, 2.24) is 10.2 Å². The van der Waals surface area contributed by atoms with Crippen molar-refractivity contribution in [3.8, 4) is 0 Å². The molecule has 0 saturated heterocycles. The second kappa shape index (κ2) is 4.79. The summed E-state index contributed by atoms with van der Waals surface area (Å²) in [5, 5.41) is 6.20. The summed E-state index contributed by atoms with van der Waals surface area (Å²) in [5.74, 6) is 0.282. The third-order valence-electron chi connectivity index (χ3n) is 1.72. The van der Waals surface area contributed by atoms with Gasteiger partial charge in [0.15, 0.2) is 0 Å². The molecule has 0 fully saturated rings. The molecule has 0 spiro atoms. The summed E-state index contributed by atoms with van der Waals surface area (Å²) in [7, 11) is -3.40. The summed E-state index contributed by atoms with van der Waals surface area (Å²) in [5.41, 5.74) is 5.81. The summed E-state index contributed by atoms with van der Waals surface area (Å²) in [6, 6.07) is 0. The molecule has 1 heterocycles. The molecule has 1 rings (SSSR count). The highest BCUT2D eigenvalue weighted by Crippen LogP contribution is 2.13. The van der Waals surface area contributed by atoms with E-state index < -0.39 is 10.0 Å². The molecule has 0 aliphatic rings. The van der Waals surface area contributed by atoms with Gasteiger partial charge in [0.2, 0.25) is 10.0 Å². The van der Waals surface area contributed by atoms with Crippen LogP contribution >= 0.6 is 12.2 Å². The van der Waals surface area contributed by atoms with Crippen molar-refractivity contribution in [2.45, 2.75) is 13.8 Å². The maximum atomic E-state index is 11.6. The number of hydrogen-bond donors (Lipinski definition) is 3. The molecule has 1 aromatic heterocycles. The Kier molecular flexibility index (Phi) is 3.87. The number of H-pyrrole nitrogens is 1. The molecule has 0 saturated carbocycles. The van der Waals surface area contributed by atoms with Gasteiger partial charge in [-0.2, -0.15) is 5.10 Å². The van der Waals surface area contributed by atoms with Crippen LogP contribution < -0.4 is 10.5 Å². The Bertz CT molecular complexity index is 478. The van der Waals surface area contributed by atoms with E-state index in [0.717, 1.165) is 0 Å². The Morgan fingerprint density at radius 2 is 2.31 bits per heavy atom. The molecule has 0 unspecified atom stereocenters. The van der Waals surface area contributed by atoms with E-state index in [2.05, 4.69) is 14.9 Å². The number of hydrogen-bond acceptors (Lipinski definition) is 4. The van der Waals surface area contributed by atoms with Crippen molar-refractivity contribution in [3.05, 3.63) is 11.8 Å². The van der Waals surface area contributed by atoms with Crippen molar-refractivity contribution in [2.24, 2.45) is 11.7 Å². The predicted molar refractivity (Wildman–Crippen MR) is 66.7 cm³/mol. The largest absolute Gasteiger partial charge is 0.389 e. The van der Waals surface area contributed by atoms with E-state index in [1.54, 1.807) is 0 Å². The smallest absolute Gasteiger partial charge is 0.234 e. The predicted octanol–water partition coefficient (Wildman–Crippen LogP) is 0.442. The van der Waals surface area contributed by atoms with E-state index in [1.165, 1.54) is 6.20 Å². The van der Waals surface area contributed by atoms with Crippen LogP contribution in [-0.2, 0) is 10.0 Å². The van der Waals surface area contributed by atoms with Crippen LogP contribution in [0.3, 0.4) is 0 Å². The topological polar surface area (TPSA) is 101 Å². The number of rotatable bonds is 5. The second-order valence-corrected chi connectivity index (χ2v) is 6.01. The molecule has 0 radical (unpaired) electrons. The molecular formula is C8H14N4O2S2. The lowest BCUT2D eigenvalue weighted by Gasteiger charge is -2.09. The zero-order valence-electron chi connectivity index (χ0n) is 9.02. The van der Waals surface area contributed by atoms with Crippen LogP contribution in [0.2, 0.25) is 0 Å². The average Bonchev–Trinajstić information content (AvgIpc) is 2.48. The minimum atomic E-state index is -3.40. The lowest BCUT2D eigenvalue weighted by molar-refractivity contribution is 0.587. The number of aromatic nitrogens is 2. The van der Waals surface area contributed by atoms with Gasteiger partial charge in [0.05, 0.1) is 17.5 Å². The fraction of sp³-hybridized carbons (Fsp3) is 0.500. The Morgan fingerprint density at radius 1 is 1.69 bits per heavy atom. The number of sulfonamides is 1. The lowest BCUT2D eigenvalue weighted by atomic mass is 10.3. The fourth-order valence-corrected chi connectivity index (χ4v) is 2.77. The Labute approximate surface area is 99.7 Å². The zero-order chi connectivity index (χ0) is 12.3. The van der Waals surface area contributed by atoms with Crippen LogP contribution in [0.15, 0.2) is 6.20 Å². The van der Waals surface area contributed by atoms with Crippen molar-refractivity contribution in [2.75, 3.05) is 10.5 Å². The molecule has 8 heteroatoms. The first kappa shape index (κ1) is 12.9. The van der Waals surface area contributed by atoms with Gasteiger partial charge in [0.25, 0.3) is 0 Å². The van der Waals surface area contributed by atoms with Gasteiger partial charge in [-0.3, -0.25) is 9.82 Å². The molecule has 16 heavy (non-hydrogen) atoms. The first-order valence-electron chi connectivity index (χ1n) is 4.65. The van der Waals surface area contributed by atoms with Crippen molar-refractivity contribution >= 4 is 33.0 Å². The van der Waals surface area contributed by atoms with Crippen LogP contribution in [0, 0.1) is 5.92 Å². The van der Waals surface area contributed by atoms with Crippen LogP contribution in [0.4, 0.5) is 5.82 Å². The number of thiocarbonyl (C=S) groups is 1. The van der Waals surface area contributed by atoms with E-state index in [0.29, 0.717) is 5.56 Å². The van der Waals surface area contributed by atoms with Crippen molar-refractivity contribution in [1.29, 1.82) is 0 Å². The highest BCUT2D eigenvalue weighted by atomic mass is 32.2. The van der Waals surface area contributed by atoms with Gasteiger partial charge in [-0.15, -0.1) is 0 Å². The third kappa shape index (κ3) is 3.46. The minimum Gasteiger partial charge on any atom is -0.389 e. The minimum absolute atomic E-state index is 0.0305.